The molecule has 0 saturated carbocycles. The number of fused-ring (bicyclic) bond motifs is 3. The number of ether oxygens (including phenoxy) is 3. The third kappa shape index (κ3) is 4.72. The maximum atomic E-state index is 13.8. The molecule has 2 aliphatic rings. The Hall–Kier alpha value is -5.56. The number of para-hydroxylation sites is 3. The molecule has 0 spiro atoms. The highest BCUT2D eigenvalue weighted by Crippen LogP contribution is 2.36. The van der Waals surface area contributed by atoms with E-state index >= 15 is 0 Å². The van der Waals surface area contributed by atoms with Gasteiger partial charge in [0, 0.05) is 11.3 Å². The number of aromatic nitrogens is 3. The summed E-state index contributed by atoms with van der Waals surface area (Å²) in [5.41, 5.74) is 1.54. The van der Waals surface area contributed by atoms with Crippen LogP contribution < -0.4 is 29.8 Å². The summed E-state index contributed by atoms with van der Waals surface area (Å²) >= 11 is 1.05. The highest BCUT2D eigenvalue weighted by atomic mass is 32.1. The van der Waals surface area contributed by atoms with E-state index in [2.05, 4.69) is 15.4 Å². The van der Waals surface area contributed by atoms with Gasteiger partial charge >= 0.3 is 5.97 Å². The summed E-state index contributed by atoms with van der Waals surface area (Å²) in [6.45, 7) is 1.87. The van der Waals surface area contributed by atoms with E-state index in [-0.39, 0.29) is 29.9 Å². The van der Waals surface area contributed by atoms with Gasteiger partial charge in [-0.25, -0.2) is 4.79 Å². The fourth-order valence-electron chi connectivity index (χ4n) is 5.09. The van der Waals surface area contributed by atoms with Crippen LogP contribution in [0.2, 0.25) is 0 Å². The van der Waals surface area contributed by atoms with E-state index in [0.29, 0.717) is 44.8 Å². The molecule has 1 atom stereocenters. The summed E-state index contributed by atoms with van der Waals surface area (Å²) in [6.07, 6.45) is -0.600. The van der Waals surface area contributed by atoms with Gasteiger partial charge < -0.3 is 19.5 Å². The van der Waals surface area contributed by atoms with Gasteiger partial charge in [0.1, 0.15) is 17.7 Å². The topological polar surface area (TPSA) is 141 Å². The maximum Gasteiger partial charge on any atom is 0.338 e. The van der Waals surface area contributed by atoms with Crippen molar-refractivity contribution in [1.82, 2.24) is 14.6 Å². The highest BCUT2D eigenvalue weighted by molar-refractivity contribution is 7.15. The Morgan fingerprint density at radius 1 is 1.02 bits per heavy atom. The summed E-state index contributed by atoms with van der Waals surface area (Å²) < 4.78 is 18.1. The Labute approximate surface area is 253 Å². The average molecular weight is 610 g/mol. The number of carbonyl (C=O) groups is 3. The first-order valence-corrected chi connectivity index (χ1v) is 14.5. The Morgan fingerprint density at radius 2 is 1.77 bits per heavy atom. The third-order valence-electron chi connectivity index (χ3n) is 7.10. The van der Waals surface area contributed by atoms with Crippen LogP contribution >= 0.6 is 11.3 Å². The monoisotopic (exact) mass is 609 g/mol. The Morgan fingerprint density at radius 3 is 2.55 bits per heavy atom. The minimum absolute atomic E-state index is 0.174. The fraction of sp³-hybridized carbons (Fsp3) is 0.161. The molecule has 220 valence electrons. The number of benzene rings is 3. The molecular formula is C31H23N5O7S. The fourth-order valence-corrected chi connectivity index (χ4v) is 6.09. The van der Waals surface area contributed by atoms with Crippen molar-refractivity contribution in [2.45, 2.75) is 13.0 Å². The normalized spacial score (nSPS) is 16.6. The van der Waals surface area contributed by atoms with E-state index in [1.54, 1.807) is 67.6 Å². The van der Waals surface area contributed by atoms with Crippen molar-refractivity contribution in [3.05, 3.63) is 105 Å². The lowest BCUT2D eigenvalue weighted by Gasteiger charge is -2.24. The summed E-state index contributed by atoms with van der Waals surface area (Å²) in [4.78, 5) is 58.4. The molecule has 5 aromatic rings. The zero-order chi connectivity index (χ0) is 30.4. The third-order valence-corrected chi connectivity index (χ3v) is 8.13. The molecule has 2 aromatic heterocycles. The number of hydrogen-bond acceptors (Lipinski definition) is 10. The van der Waals surface area contributed by atoms with Gasteiger partial charge in [-0.15, -0.1) is 5.10 Å². The summed E-state index contributed by atoms with van der Waals surface area (Å²) in [7, 11) is 0. The molecule has 0 saturated heterocycles. The van der Waals surface area contributed by atoms with Gasteiger partial charge in [-0.2, -0.15) is 9.50 Å². The molecule has 7 rings (SSSR count). The van der Waals surface area contributed by atoms with Crippen LogP contribution in [0.25, 0.3) is 10.5 Å². The van der Waals surface area contributed by atoms with E-state index in [1.165, 1.54) is 4.90 Å². The first-order valence-electron chi connectivity index (χ1n) is 13.7. The number of amides is 2. The molecular weight excluding hydrogens is 586 g/mol. The standard InChI is InChI=1S/C31H23N5O7S/c1-2-41-30(40)17-11-13-18(14-12-17)32-24(37)15-35-20-8-4-3-7-19(20)25(28(35)38)26-29(39)36-31(44-26)33-27(34-36)23-16-42-21-9-5-6-10-22(21)43-23/h3-14,23H,2,15-16H2,1H3,(H,32,37)/b26-25-. The number of esters is 1. The van der Waals surface area contributed by atoms with Gasteiger partial charge in [-0.3, -0.25) is 19.3 Å². The van der Waals surface area contributed by atoms with Crippen LogP contribution in [-0.4, -0.2) is 52.1 Å². The Balaban J connectivity index is 1.15. The Bertz CT molecular complexity index is 2070. The van der Waals surface area contributed by atoms with Crippen LogP contribution in [0, 0.1) is 0 Å². The minimum Gasteiger partial charge on any atom is -0.485 e. The predicted octanol–water partition coefficient (Wildman–Crippen LogP) is 2.74. The van der Waals surface area contributed by atoms with Crippen LogP contribution in [0.4, 0.5) is 11.4 Å². The molecule has 13 heteroatoms. The number of rotatable bonds is 6. The smallest absolute Gasteiger partial charge is 0.338 e. The number of hydrogen-bond donors (Lipinski definition) is 1. The molecule has 1 N–H and O–H groups in total. The lowest BCUT2D eigenvalue weighted by Crippen LogP contribution is -2.37. The van der Waals surface area contributed by atoms with Gasteiger partial charge in [0.2, 0.25) is 10.9 Å². The van der Waals surface area contributed by atoms with Gasteiger partial charge in [-0.1, -0.05) is 41.7 Å². The van der Waals surface area contributed by atoms with Crippen molar-refractivity contribution in [3.8, 4) is 11.5 Å². The summed E-state index contributed by atoms with van der Waals surface area (Å²) in [6, 6.07) is 20.5. The van der Waals surface area contributed by atoms with Crippen LogP contribution in [-0.2, 0) is 14.3 Å². The van der Waals surface area contributed by atoms with E-state index in [9.17, 15) is 19.2 Å². The molecule has 0 aliphatic carbocycles. The molecule has 1 unspecified atom stereocenters. The summed E-state index contributed by atoms with van der Waals surface area (Å²) in [5.74, 6) is 0.0831. The summed E-state index contributed by atoms with van der Waals surface area (Å²) in [5, 5.41) is 7.14. The first-order chi connectivity index (χ1) is 21.4. The number of anilines is 2. The second-order valence-electron chi connectivity index (χ2n) is 9.89. The van der Waals surface area contributed by atoms with Crippen LogP contribution in [0.3, 0.4) is 0 Å². The van der Waals surface area contributed by atoms with Crippen molar-refractivity contribution in [1.29, 1.82) is 0 Å². The largest absolute Gasteiger partial charge is 0.485 e. The van der Waals surface area contributed by atoms with Crippen molar-refractivity contribution in [2.24, 2.45) is 0 Å². The Kier molecular flexibility index (Phi) is 6.78. The molecule has 2 aliphatic heterocycles. The van der Waals surface area contributed by atoms with Crippen LogP contribution in [0.15, 0.2) is 77.6 Å². The van der Waals surface area contributed by atoms with Crippen molar-refractivity contribution < 1.29 is 28.6 Å². The predicted molar refractivity (Wildman–Crippen MR) is 160 cm³/mol. The zero-order valence-corrected chi connectivity index (χ0v) is 24.0. The molecule has 0 fully saturated rings. The number of carbonyl (C=O) groups excluding carboxylic acids is 3. The first kappa shape index (κ1) is 27.3. The molecule has 44 heavy (non-hydrogen) atoms. The van der Waals surface area contributed by atoms with E-state index in [0.717, 1.165) is 15.9 Å². The average Bonchev–Trinajstić information content (AvgIpc) is 3.67. The van der Waals surface area contributed by atoms with Crippen molar-refractivity contribution >= 4 is 51.0 Å². The van der Waals surface area contributed by atoms with Gasteiger partial charge in [0.05, 0.1) is 23.4 Å². The quantitative estimate of drug-likeness (QED) is 0.288. The van der Waals surface area contributed by atoms with Gasteiger partial charge in [0.15, 0.2) is 23.4 Å². The van der Waals surface area contributed by atoms with Gasteiger partial charge in [0.25, 0.3) is 11.5 Å². The second kappa shape index (κ2) is 10.9. The second-order valence-corrected chi connectivity index (χ2v) is 10.9. The van der Waals surface area contributed by atoms with Crippen LogP contribution in [0.1, 0.15) is 34.8 Å². The molecule has 4 heterocycles. The number of nitrogens with zero attached hydrogens (tertiary/aromatic N) is 4. The number of nitrogens with one attached hydrogen (secondary N) is 1. The lowest BCUT2D eigenvalue weighted by atomic mass is 10.1. The molecule has 12 nitrogen and oxygen atoms in total. The van der Waals surface area contributed by atoms with Crippen LogP contribution in [0.5, 0.6) is 11.5 Å². The van der Waals surface area contributed by atoms with Crippen molar-refractivity contribution in [2.75, 3.05) is 30.0 Å². The lowest BCUT2D eigenvalue weighted by molar-refractivity contribution is -0.118. The molecule has 3 aromatic carbocycles. The molecule has 2 amide bonds. The minimum atomic E-state index is -0.600. The highest BCUT2D eigenvalue weighted by Gasteiger charge is 2.36. The van der Waals surface area contributed by atoms with E-state index in [4.69, 9.17) is 14.2 Å². The molecule has 0 radical (unpaired) electrons. The van der Waals surface area contributed by atoms with Gasteiger partial charge in [-0.05, 0) is 49.4 Å². The van der Waals surface area contributed by atoms with E-state index in [1.807, 2.05) is 12.1 Å². The van der Waals surface area contributed by atoms with Crippen molar-refractivity contribution in [3.63, 3.8) is 0 Å². The number of thiazole rings is 1. The SMILES string of the molecule is CCOC(=O)c1ccc(NC(=O)CN2C(=O)/C(=c3\sc4nc(C5COc6ccccc6O5)nn4c3=O)c3ccccc32)cc1. The maximum absolute atomic E-state index is 13.8. The zero-order valence-electron chi connectivity index (χ0n) is 23.2. The molecule has 0 bridgehead atoms. The van der Waals surface area contributed by atoms with E-state index < -0.39 is 29.4 Å².